The molecule has 94 valence electrons. The molecule has 0 spiro atoms. The summed E-state index contributed by atoms with van der Waals surface area (Å²) < 4.78 is 26.3. The van der Waals surface area contributed by atoms with E-state index in [0.29, 0.717) is 16.6 Å². The van der Waals surface area contributed by atoms with Crippen molar-refractivity contribution in [2.45, 2.75) is 38.7 Å². The molecule has 0 amide bonds. The highest BCUT2D eigenvalue weighted by molar-refractivity contribution is 7.83. The van der Waals surface area contributed by atoms with Crippen molar-refractivity contribution in [1.82, 2.24) is 0 Å². The monoisotopic (exact) mass is 254 g/mol. The van der Waals surface area contributed by atoms with Crippen LogP contribution in [-0.4, -0.2) is 14.9 Å². The zero-order valence-corrected chi connectivity index (χ0v) is 10.8. The molecule has 0 radical (unpaired) electrons. The van der Waals surface area contributed by atoms with E-state index in [1.54, 1.807) is 6.08 Å². The predicted octanol–water partition coefficient (Wildman–Crippen LogP) is 3.14. The second-order valence-electron chi connectivity index (χ2n) is 4.48. The van der Waals surface area contributed by atoms with Crippen molar-refractivity contribution in [2.75, 3.05) is 0 Å². The van der Waals surface area contributed by atoms with Crippen molar-refractivity contribution in [3.8, 4) is 0 Å². The summed E-state index contributed by atoms with van der Waals surface area (Å²) >= 11 is -1.95. The molecular formula is C13H18O3S. The minimum Gasteiger partial charge on any atom is -0.489 e. The Hall–Kier alpha value is -0.870. The minimum absolute atomic E-state index is 0.122. The van der Waals surface area contributed by atoms with E-state index in [2.05, 4.69) is 19.1 Å². The minimum atomic E-state index is -1.95. The molecule has 2 aliphatic carbocycles. The Morgan fingerprint density at radius 1 is 1.35 bits per heavy atom. The van der Waals surface area contributed by atoms with Crippen molar-refractivity contribution >= 4 is 11.1 Å². The fourth-order valence-electron chi connectivity index (χ4n) is 2.18. The molecule has 0 bridgehead atoms. The van der Waals surface area contributed by atoms with Crippen LogP contribution in [0.25, 0.3) is 0 Å². The van der Waals surface area contributed by atoms with Gasteiger partial charge in [-0.2, -0.15) is 0 Å². The molecule has 1 N–H and O–H groups in total. The molecule has 2 rings (SSSR count). The van der Waals surface area contributed by atoms with Gasteiger partial charge in [-0.05, 0) is 31.8 Å². The van der Waals surface area contributed by atoms with E-state index >= 15 is 0 Å². The lowest BCUT2D eigenvalue weighted by Gasteiger charge is -2.28. The Morgan fingerprint density at radius 2 is 2.12 bits per heavy atom. The van der Waals surface area contributed by atoms with Crippen LogP contribution in [-0.2, 0) is 15.8 Å². The summed E-state index contributed by atoms with van der Waals surface area (Å²) in [6, 6.07) is 0. The number of rotatable bonds is 3. The standard InChI is InChI=1S/C13H18O3S/c1-10-6-2-3-7-11(10)16-12-8-4-5-9-13(12)17(14)15/h2,6,8-11H,3-5,7H2,1H3,(H,14,15). The molecule has 0 aliphatic heterocycles. The van der Waals surface area contributed by atoms with Gasteiger partial charge in [-0.1, -0.05) is 25.2 Å². The summed E-state index contributed by atoms with van der Waals surface area (Å²) in [5.74, 6) is 0.962. The first-order valence-electron chi connectivity index (χ1n) is 6.03. The molecule has 17 heavy (non-hydrogen) atoms. The van der Waals surface area contributed by atoms with Crippen molar-refractivity contribution in [2.24, 2.45) is 5.92 Å². The third kappa shape index (κ3) is 3.07. The van der Waals surface area contributed by atoms with Gasteiger partial charge in [0.15, 0.2) is 11.1 Å². The second kappa shape index (κ2) is 5.65. The first-order valence-corrected chi connectivity index (χ1v) is 7.14. The first-order chi connectivity index (χ1) is 8.18. The van der Waals surface area contributed by atoms with Crippen LogP contribution in [0.4, 0.5) is 0 Å². The van der Waals surface area contributed by atoms with Crippen molar-refractivity contribution < 1.29 is 13.5 Å². The molecule has 0 aromatic carbocycles. The van der Waals surface area contributed by atoms with Crippen LogP contribution in [0.2, 0.25) is 0 Å². The van der Waals surface area contributed by atoms with E-state index in [9.17, 15) is 8.76 Å². The Bertz CT molecular complexity index is 395. The lowest BCUT2D eigenvalue weighted by molar-refractivity contribution is 0.0811. The van der Waals surface area contributed by atoms with Crippen molar-refractivity contribution in [1.29, 1.82) is 0 Å². The van der Waals surface area contributed by atoms with E-state index < -0.39 is 11.1 Å². The smallest absolute Gasteiger partial charge is 0.189 e. The Labute approximate surface area is 105 Å². The summed E-state index contributed by atoms with van der Waals surface area (Å²) in [5, 5.41) is 0. The van der Waals surface area contributed by atoms with Gasteiger partial charge in [0.1, 0.15) is 16.8 Å². The van der Waals surface area contributed by atoms with Crippen LogP contribution in [0.15, 0.2) is 35.0 Å². The average Bonchev–Trinajstić information content (AvgIpc) is 2.32. The quantitative estimate of drug-likeness (QED) is 0.621. The van der Waals surface area contributed by atoms with Crippen LogP contribution in [0.5, 0.6) is 0 Å². The highest BCUT2D eigenvalue weighted by Crippen LogP contribution is 2.28. The highest BCUT2D eigenvalue weighted by Gasteiger charge is 2.24. The zero-order chi connectivity index (χ0) is 12.3. The molecule has 3 nitrogen and oxygen atoms in total. The Kier molecular flexibility index (Phi) is 4.18. The van der Waals surface area contributed by atoms with Crippen LogP contribution < -0.4 is 0 Å². The molecule has 2 aliphatic rings. The summed E-state index contributed by atoms with van der Waals surface area (Å²) in [7, 11) is 0. The Balaban J connectivity index is 2.07. The Morgan fingerprint density at radius 3 is 2.82 bits per heavy atom. The zero-order valence-electron chi connectivity index (χ0n) is 9.96. The van der Waals surface area contributed by atoms with Gasteiger partial charge in [-0.3, -0.25) is 0 Å². The molecule has 0 saturated carbocycles. The van der Waals surface area contributed by atoms with Gasteiger partial charge in [0.25, 0.3) is 0 Å². The highest BCUT2D eigenvalue weighted by atomic mass is 32.2. The van der Waals surface area contributed by atoms with Gasteiger partial charge in [0.2, 0.25) is 0 Å². The maximum Gasteiger partial charge on any atom is 0.189 e. The molecule has 0 saturated heterocycles. The molecular weight excluding hydrogens is 236 g/mol. The maximum atomic E-state index is 11.2. The fourth-order valence-corrected chi connectivity index (χ4v) is 2.75. The van der Waals surface area contributed by atoms with Gasteiger partial charge in [0.05, 0.1) is 0 Å². The topological polar surface area (TPSA) is 46.5 Å². The molecule has 0 fully saturated rings. The summed E-state index contributed by atoms with van der Waals surface area (Å²) in [6.45, 7) is 2.11. The maximum absolute atomic E-state index is 11.2. The summed E-state index contributed by atoms with van der Waals surface area (Å²) in [6.07, 6.45) is 11.9. The van der Waals surface area contributed by atoms with Crippen LogP contribution in [0.1, 0.15) is 32.6 Å². The molecule has 3 unspecified atom stereocenters. The molecule has 0 aromatic rings. The predicted molar refractivity (Wildman–Crippen MR) is 68.6 cm³/mol. The summed E-state index contributed by atoms with van der Waals surface area (Å²) in [4.78, 5) is 0.429. The average molecular weight is 254 g/mol. The van der Waals surface area contributed by atoms with E-state index in [4.69, 9.17) is 4.74 Å². The largest absolute Gasteiger partial charge is 0.489 e. The summed E-state index contributed by atoms with van der Waals surface area (Å²) in [5.41, 5.74) is 0. The van der Waals surface area contributed by atoms with Gasteiger partial charge >= 0.3 is 0 Å². The first kappa shape index (κ1) is 12.6. The third-order valence-electron chi connectivity index (χ3n) is 3.18. The number of allylic oxidation sites excluding steroid dienone is 3. The lowest BCUT2D eigenvalue weighted by Crippen LogP contribution is -2.23. The normalized spacial score (nSPS) is 30.5. The fraction of sp³-hybridized carbons (Fsp3) is 0.538. The molecule has 4 heteroatoms. The van der Waals surface area contributed by atoms with Crippen molar-refractivity contribution in [3.05, 3.63) is 35.0 Å². The van der Waals surface area contributed by atoms with Gasteiger partial charge in [-0.15, -0.1) is 0 Å². The van der Waals surface area contributed by atoms with E-state index in [1.807, 2.05) is 6.08 Å². The third-order valence-corrected chi connectivity index (χ3v) is 3.92. The molecule has 3 atom stereocenters. The van der Waals surface area contributed by atoms with Gasteiger partial charge < -0.3 is 9.29 Å². The van der Waals surface area contributed by atoms with Crippen molar-refractivity contribution in [3.63, 3.8) is 0 Å². The number of hydrogen-bond donors (Lipinski definition) is 1. The van der Waals surface area contributed by atoms with E-state index in [-0.39, 0.29) is 6.10 Å². The van der Waals surface area contributed by atoms with E-state index in [1.165, 1.54) is 0 Å². The number of hydrogen-bond acceptors (Lipinski definition) is 2. The second-order valence-corrected chi connectivity index (χ2v) is 5.42. The van der Waals surface area contributed by atoms with Gasteiger partial charge in [-0.25, -0.2) is 4.21 Å². The van der Waals surface area contributed by atoms with Gasteiger partial charge in [0, 0.05) is 5.92 Å². The van der Waals surface area contributed by atoms with Crippen LogP contribution in [0, 0.1) is 5.92 Å². The molecule has 0 aromatic heterocycles. The molecule has 0 heterocycles. The van der Waals surface area contributed by atoms with Crippen LogP contribution in [0.3, 0.4) is 0 Å². The lowest BCUT2D eigenvalue weighted by atomic mass is 9.94. The van der Waals surface area contributed by atoms with Crippen LogP contribution >= 0.6 is 0 Å². The number of ether oxygens (including phenoxy) is 1. The SMILES string of the molecule is CC1C=CCCC1OC1=CCCC=C1S(=O)O. The van der Waals surface area contributed by atoms with E-state index in [0.717, 1.165) is 25.7 Å².